The molecule has 2 aromatic rings. The molecular formula is C14H15N3O2S2. The van der Waals surface area contributed by atoms with E-state index < -0.39 is 10.0 Å². The maximum absolute atomic E-state index is 12.1. The average molecular weight is 321 g/mol. The molecule has 3 N–H and O–H groups in total. The fourth-order valence-corrected chi connectivity index (χ4v) is 3.05. The van der Waals surface area contributed by atoms with Gasteiger partial charge >= 0.3 is 0 Å². The van der Waals surface area contributed by atoms with Gasteiger partial charge in [-0.3, -0.25) is 4.72 Å². The molecule has 0 spiro atoms. The molecule has 1 aromatic carbocycles. The van der Waals surface area contributed by atoms with Crippen LogP contribution in [0.2, 0.25) is 0 Å². The van der Waals surface area contributed by atoms with E-state index in [0.717, 1.165) is 5.69 Å². The summed E-state index contributed by atoms with van der Waals surface area (Å²) in [7, 11) is -3.51. The van der Waals surface area contributed by atoms with Crippen molar-refractivity contribution in [2.24, 2.45) is 5.73 Å². The molecule has 0 atom stereocenters. The van der Waals surface area contributed by atoms with Crippen molar-refractivity contribution in [3.8, 4) is 0 Å². The lowest BCUT2D eigenvalue weighted by atomic mass is 10.1. The van der Waals surface area contributed by atoms with E-state index in [1.54, 1.807) is 49.4 Å². The van der Waals surface area contributed by atoms with Gasteiger partial charge in [-0.2, -0.15) is 0 Å². The molecule has 0 aliphatic heterocycles. The van der Waals surface area contributed by atoms with Gasteiger partial charge in [0.25, 0.3) is 0 Å². The molecule has 110 valence electrons. The number of aromatic nitrogens is 1. The maximum atomic E-state index is 12.1. The van der Waals surface area contributed by atoms with Crippen molar-refractivity contribution in [2.45, 2.75) is 12.7 Å². The molecular weight excluding hydrogens is 306 g/mol. The number of nitrogens with zero attached hydrogens (tertiary/aromatic N) is 1. The summed E-state index contributed by atoms with van der Waals surface area (Å²) in [6, 6.07) is 12.0. The predicted octanol–water partition coefficient (Wildman–Crippen LogP) is 1.97. The number of thiocarbonyl (C=S) groups is 1. The second kappa shape index (κ2) is 6.19. The number of nitrogens with two attached hydrogens (primary N) is 1. The first-order chi connectivity index (χ1) is 9.85. The Morgan fingerprint density at radius 1 is 1.24 bits per heavy atom. The minimum absolute atomic E-state index is 0.139. The Kier molecular flexibility index (Phi) is 4.54. The van der Waals surface area contributed by atoms with Crippen LogP contribution in [0, 0.1) is 6.92 Å². The Morgan fingerprint density at radius 2 is 1.90 bits per heavy atom. The second-order valence-electron chi connectivity index (χ2n) is 4.59. The third kappa shape index (κ3) is 4.51. The van der Waals surface area contributed by atoms with Crippen molar-refractivity contribution in [1.29, 1.82) is 0 Å². The number of aryl methyl sites for hydroxylation is 1. The van der Waals surface area contributed by atoms with Crippen LogP contribution in [0.25, 0.3) is 0 Å². The highest BCUT2D eigenvalue weighted by molar-refractivity contribution is 7.91. The molecule has 21 heavy (non-hydrogen) atoms. The number of hydrogen-bond donors (Lipinski definition) is 2. The molecule has 1 aromatic heterocycles. The Balaban J connectivity index is 2.12. The first-order valence-corrected chi connectivity index (χ1v) is 8.25. The number of anilines is 1. The highest BCUT2D eigenvalue weighted by Gasteiger charge is 2.12. The number of benzene rings is 1. The van der Waals surface area contributed by atoms with Gasteiger partial charge in [0, 0.05) is 11.3 Å². The quantitative estimate of drug-likeness (QED) is 0.822. The second-order valence-corrected chi connectivity index (χ2v) is 6.75. The molecule has 0 amide bonds. The van der Waals surface area contributed by atoms with E-state index in [-0.39, 0.29) is 10.7 Å². The van der Waals surface area contributed by atoms with Gasteiger partial charge in [0.1, 0.15) is 10.8 Å². The van der Waals surface area contributed by atoms with E-state index >= 15 is 0 Å². The Morgan fingerprint density at radius 3 is 2.48 bits per heavy atom. The minimum Gasteiger partial charge on any atom is -0.389 e. The third-order valence-electron chi connectivity index (χ3n) is 2.74. The van der Waals surface area contributed by atoms with E-state index in [4.69, 9.17) is 18.0 Å². The van der Waals surface area contributed by atoms with Crippen molar-refractivity contribution in [3.05, 3.63) is 59.3 Å². The van der Waals surface area contributed by atoms with Gasteiger partial charge in [0.15, 0.2) is 0 Å². The lowest BCUT2D eigenvalue weighted by Gasteiger charge is -2.08. The standard InChI is InChI=1S/C14H15N3O2S2/c1-10-3-2-4-13(16-10)17-21(18,19)9-11-5-7-12(8-6-11)14(15)20/h2-8H,9H2,1H3,(H2,15,20)(H,16,17). The van der Waals surface area contributed by atoms with Crippen LogP contribution in [0.5, 0.6) is 0 Å². The Labute approximate surface area is 129 Å². The molecule has 0 aliphatic rings. The molecule has 0 fully saturated rings. The highest BCUT2D eigenvalue weighted by atomic mass is 32.2. The average Bonchev–Trinajstić information content (AvgIpc) is 2.38. The molecule has 0 bridgehead atoms. The van der Waals surface area contributed by atoms with Gasteiger partial charge < -0.3 is 5.73 Å². The van der Waals surface area contributed by atoms with Gasteiger partial charge in [-0.15, -0.1) is 0 Å². The van der Waals surface area contributed by atoms with Crippen LogP contribution < -0.4 is 10.5 Å². The number of hydrogen-bond acceptors (Lipinski definition) is 4. The van der Waals surface area contributed by atoms with E-state index in [1.165, 1.54) is 0 Å². The lowest BCUT2D eigenvalue weighted by molar-refractivity contribution is 0.600. The van der Waals surface area contributed by atoms with Crippen LogP contribution in [0.1, 0.15) is 16.8 Å². The SMILES string of the molecule is Cc1cccc(NS(=O)(=O)Cc2ccc(C(N)=S)cc2)n1. The zero-order chi connectivity index (χ0) is 15.5. The van der Waals surface area contributed by atoms with Crippen LogP contribution in [0.3, 0.4) is 0 Å². The summed E-state index contributed by atoms with van der Waals surface area (Å²) in [6.45, 7) is 1.80. The molecule has 5 nitrogen and oxygen atoms in total. The summed E-state index contributed by atoms with van der Waals surface area (Å²) >= 11 is 4.85. The summed E-state index contributed by atoms with van der Waals surface area (Å²) in [5, 5.41) is 0. The van der Waals surface area contributed by atoms with Crippen LogP contribution in [0.15, 0.2) is 42.5 Å². The molecule has 0 saturated heterocycles. The topological polar surface area (TPSA) is 85.1 Å². The molecule has 7 heteroatoms. The van der Waals surface area contributed by atoms with Crippen molar-refractivity contribution >= 4 is 33.0 Å². The molecule has 2 rings (SSSR count). The molecule has 1 heterocycles. The first kappa shape index (κ1) is 15.4. The molecule has 0 radical (unpaired) electrons. The van der Waals surface area contributed by atoms with Crippen molar-refractivity contribution < 1.29 is 8.42 Å². The summed E-state index contributed by atoms with van der Waals surface area (Å²) in [6.07, 6.45) is 0. The van der Waals surface area contributed by atoms with Gasteiger partial charge in [0.05, 0.1) is 5.75 Å². The normalized spacial score (nSPS) is 11.1. The number of sulfonamides is 1. The number of pyridine rings is 1. The van der Waals surface area contributed by atoms with Gasteiger partial charge in [-0.05, 0) is 24.6 Å². The van der Waals surface area contributed by atoms with Crippen molar-refractivity contribution in [2.75, 3.05) is 4.72 Å². The minimum atomic E-state index is -3.51. The third-order valence-corrected chi connectivity index (χ3v) is 4.21. The van der Waals surface area contributed by atoms with E-state index in [2.05, 4.69) is 9.71 Å². The fraction of sp³-hybridized carbons (Fsp3) is 0.143. The molecule has 0 saturated carbocycles. The Hall–Kier alpha value is -1.99. The lowest BCUT2D eigenvalue weighted by Crippen LogP contribution is -2.16. The highest BCUT2D eigenvalue weighted by Crippen LogP contribution is 2.12. The van der Waals surface area contributed by atoms with Crippen molar-refractivity contribution in [3.63, 3.8) is 0 Å². The Bertz CT molecular complexity index is 756. The smallest absolute Gasteiger partial charge is 0.238 e. The van der Waals surface area contributed by atoms with Gasteiger partial charge in [0.2, 0.25) is 10.0 Å². The van der Waals surface area contributed by atoms with Crippen molar-refractivity contribution in [1.82, 2.24) is 4.98 Å². The van der Waals surface area contributed by atoms with Gasteiger partial charge in [-0.1, -0.05) is 42.5 Å². The van der Waals surface area contributed by atoms with Gasteiger partial charge in [-0.25, -0.2) is 13.4 Å². The summed E-state index contributed by atoms with van der Waals surface area (Å²) in [5.74, 6) is 0.176. The zero-order valence-electron chi connectivity index (χ0n) is 11.4. The monoisotopic (exact) mass is 321 g/mol. The van der Waals surface area contributed by atoms with Crippen LogP contribution >= 0.6 is 12.2 Å². The fourth-order valence-electron chi connectivity index (χ4n) is 1.78. The molecule has 0 unspecified atom stereocenters. The zero-order valence-corrected chi connectivity index (χ0v) is 13.0. The van der Waals surface area contributed by atoms with E-state index in [0.29, 0.717) is 16.9 Å². The summed E-state index contributed by atoms with van der Waals surface area (Å²) < 4.78 is 26.7. The van der Waals surface area contributed by atoms with Crippen LogP contribution in [0.4, 0.5) is 5.82 Å². The summed E-state index contributed by atoms with van der Waals surface area (Å²) in [4.78, 5) is 4.40. The largest absolute Gasteiger partial charge is 0.389 e. The number of rotatable bonds is 5. The summed E-state index contributed by atoms with van der Waals surface area (Å²) in [5.41, 5.74) is 7.60. The van der Waals surface area contributed by atoms with Crippen LogP contribution in [-0.4, -0.2) is 18.4 Å². The number of nitrogens with one attached hydrogen (secondary N) is 1. The first-order valence-electron chi connectivity index (χ1n) is 6.19. The predicted molar refractivity (Wildman–Crippen MR) is 87.5 cm³/mol. The maximum Gasteiger partial charge on any atom is 0.238 e. The van der Waals surface area contributed by atoms with Crippen LogP contribution in [-0.2, 0) is 15.8 Å². The molecule has 0 aliphatic carbocycles. The van der Waals surface area contributed by atoms with E-state index in [1.807, 2.05) is 0 Å². The van der Waals surface area contributed by atoms with E-state index in [9.17, 15) is 8.42 Å².